The molecular formula is C16H25N5O15P2. The number of carbonyl (C=O) groups excluding carboxylic acids is 1. The predicted molar refractivity (Wildman–Crippen MR) is 118 cm³/mol. The molecule has 214 valence electrons. The Balaban J connectivity index is 1.78. The van der Waals surface area contributed by atoms with E-state index in [-0.39, 0.29) is 23.3 Å². The van der Waals surface area contributed by atoms with Gasteiger partial charge in [-0.1, -0.05) is 0 Å². The number of nitrogen functional groups attached to an aromatic ring is 1. The minimum atomic E-state index is -5.66. The van der Waals surface area contributed by atoms with E-state index < -0.39 is 77.8 Å². The van der Waals surface area contributed by atoms with Crippen molar-refractivity contribution in [1.29, 1.82) is 0 Å². The van der Waals surface area contributed by atoms with Crippen molar-refractivity contribution in [3.8, 4) is 0 Å². The first-order valence-corrected chi connectivity index (χ1v) is 13.4. The van der Waals surface area contributed by atoms with Crippen molar-refractivity contribution < 1.29 is 72.4 Å². The molecule has 1 fully saturated rings. The van der Waals surface area contributed by atoms with Gasteiger partial charge in [0, 0.05) is 0 Å². The molecule has 2 aromatic rings. The van der Waals surface area contributed by atoms with Crippen molar-refractivity contribution in [3.63, 3.8) is 0 Å². The number of rotatable bonds is 13. The SMILES string of the molecule is Nc1ncnc2c1ncn2[C@@H]1O[C@H](COP(=O)(O[C@@H](C=O)[C@@H](O)[C@H](O)[C@H](O)CO)OP(=O)(O)O)[C@@H](O)[C@H]1O. The number of phosphoric acid groups is 2. The van der Waals surface area contributed by atoms with Gasteiger partial charge >= 0.3 is 15.6 Å². The van der Waals surface area contributed by atoms with Crippen molar-refractivity contribution in [1.82, 2.24) is 19.5 Å². The number of anilines is 1. The van der Waals surface area contributed by atoms with Gasteiger partial charge in [-0.3, -0.25) is 13.6 Å². The molecule has 0 spiro atoms. The Bertz CT molecular complexity index is 1210. The van der Waals surface area contributed by atoms with Gasteiger partial charge < -0.3 is 55.7 Å². The summed E-state index contributed by atoms with van der Waals surface area (Å²) >= 11 is 0. The van der Waals surface area contributed by atoms with Gasteiger partial charge in [0.05, 0.1) is 19.5 Å². The summed E-state index contributed by atoms with van der Waals surface area (Å²) in [6.07, 6.45) is -13.3. The second-order valence-electron chi connectivity index (χ2n) is 7.88. The highest BCUT2D eigenvalue weighted by molar-refractivity contribution is 7.61. The van der Waals surface area contributed by atoms with E-state index in [1.807, 2.05) is 0 Å². The minimum Gasteiger partial charge on any atom is -0.394 e. The monoisotopic (exact) mass is 589 g/mol. The van der Waals surface area contributed by atoms with Gasteiger partial charge in [-0.25, -0.2) is 24.1 Å². The Kier molecular flexibility index (Phi) is 9.67. The van der Waals surface area contributed by atoms with Gasteiger partial charge in [0.2, 0.25) is 0 Å². The second-order valence-corrected chi connectivity index (χ2v) is 10.9. The minimum absolute atomic E-state index is 0.0119. The zero-order chi connectivity index (χ0) is 28.4. The van der Waals surface area contributed by atoms with Crippen molar-refractivity contribution in [2.24, 2.45) is 0 Å². The average molecular weight is 589 g/mol. The number of ether oxygens (including phenoxy) is 1. The third kappa shape index (κ3) is 6.76. The Morgan fingerprint density at radius 2 is 1.82 bits per heavy atom. The molecule has 9 atom stereocenters. The van der Waals surface area contributed by atoms with Gasteiger partial charge in [0.15, 0.2) is 30.1 Å². The molecule has 1 aliphatic rings. The standard InChI is InChI=1S/C16H25N5O15P2/c17-14-9-15(19-4-18-14)21(5-20-9)16-13(28)12(27)8(34-16)3-33-38(32,36-37(29,30)31)35-7(2-23)11(26)10(25)6(24)1-22/h2,4-8,10-13,16,22,24-28H,1,3H2,(H2,17,18,19)(H2,29,30,31)/t6-,7+,8-,10-,11-,12-,13-,16-,38?/m1/s1. The van der Waals surface area contributed by atoms with Crippen LogP contribution in [0.15, 0.2) is 12.7 Å². The van der Waals surface area contributed by atoms with Crippen molar-refractivity contribution in [2.75, 3.05) is 18.9 Å². The van der Waals surface area contributed by atoms with E-state index in [4.69, 9.17) is 29.9 Å². The van der Waals surface area contributed by atoms with E-state index in [9.17, 15) is 39.5 Å². The smallest absolute Gasteiger partial charge is 0.394 e. The first-order chi connectivity index (χ1) is 17.7. The lowest BCUT2D eigenvalue weighted by atomic mass is 10.0. The number of carbonyl (C=O) groups is 1. The molecule has 1 aliphatic heterocycles. The molecule has 3 rings (SSSR count). The van der Waals surface area contributed by atoms with E-state index in [0.29, 0.717) is 0 Å². The Labute approximate surface area is 212 Å². The van der Waals surface area contributed by atoms with Crippen LogP contribution in [-0.4, -0.2) is 122 Å². The van der Waals surface area contributed by atoms with E-state index in [1.165, 1.54) is 10.9 Å². The van der Waals surface area contributed by atoms with Crippen LogP contribution in [0.1, 0.15) is 6.23 Å². The number of hydrogen-bond acceptors (Lipinski definition) is 17. The fraction of sp³-hybridized carbons (Fsp3) is 0.625. The Morgan fingerprint density at radius 1 is 1.13 bits per heavy atom. The molecule has 0 bridgehead atoms. The highest BCUT2D eigenvalue weighted by Crippen LogP contribution is 2.62. The largest absolute Gasteiger partial charge is 0.484 e. The molecule has 10 N–H and O–H groups in total. The summed E-state index contributed by atoms with van der Waals surface area (Å²) in [5, 5.41) is 59.0. The summed E-state index contributed by atoms with van der Waals surface area (Å²) in [5.74, 6) is 0.0119. The number of aliphatic hydroxyl groups is 6. The number of aromatic nitrogens is 4. The number of aliphatic hydroxyl groups excluding tert-OH is 6. The fourth-order valence-electron chi connectivity index (χ4n) is 3.37. The summed E-state index contributed by atoms with van der Waals surface area (Å²) in [6.45, 7) is -2.10. The molecule has 20 nitrogen and oxygen atoms in total. The van der Waals surface area contributed by atoms with Crippen LogP contribution >= 0.6 is 15.6 Å². The third-order valence-electron chi connectivity index (χ3n) is 5.25. The molecular weight excluding hydrogens is 564 g/mol. The summed E-state index contributed by atoms with van der Waals surface area (Å²) < 4.78 is 44.5. The zero-order valence-electron chi connectivity index (χ0n) is 19.0. The normalized spacial score (nSPS) is 27.1. The van der Waals surface area contributed by atoms with Crippen molar-refractivity contribution in [2.45, 2.75) is 49.0 Å². The van der Waals surface area contributed by atoms with Gasteiger partial charge in [0.1, 0.15) is 48.5 Å². The highest BCUT2D eigenvalue weighted by atomic mass is 31.3. The van der Waals surface area contributed by atoms with Crippen LogP contribution in [0.5, 0.6) is 0 Å². The molecule has 2 aromatic heterocycles. The Hall–Kier alpha value is -2.00. The maximum Gasteiger partial charge on any atom is 0.484 e. The molecule has 38 heavy (non-hydrogen) atoms. The van der Waals surface area contributed by atoms with Crippen LogP contribution in [0.2, 0.25) is 0 Å². The summed E-state index contributed by atoms with van der Waals surface area (Å²) in [4.78, 5) is 41.3. The molecule has 1 saturated heterocycles. The summed E-state index contributed by atoms with van der Waals surface area (Å²) in [5.41, 5.74) is 5.97. The fourth-order valence-corrected chi connectivity index (χ4v) is 5.62. The van der Waals surface area contributed by atoms with Crippen molar-refractivity contribution >= 4 is 38.9 Å². The van der Waals surface area contributed by atoms with Crippen molar-refractivity contribution in [3.05, 3.63) is 12.7 Å². The molecule has 0 aliphatic carbocycles. The molecule has 0 saturated carbocycles. The molecule has 0 amide bonds. The summed E-state index contributed by atoms with van der Waals surface area (Å²) in [6, 6.07) is 0. The van der Waals surface area contributed by atoms with Crippen LogP contribution in [0.4, 0.5) is 5.82 Å². The number of phosphoric ester groups is 1. The first-order valence-electron chi connectivity index (χ1n) is 10.5. The lowest BCUT2D eigenvalue weighted by molar-refractivity contribution is -0.135. The van der Waals surface area contributed by atoms with Crippen LogP contribution in [0.25, 0.3) is 11.2 Å². The molecule has 0 radical (unpaired) electrons. The van der Waals surface area contributed by atoms with E-state index >= 15 is 0 Å². The third-order valence-corrected chi connectivity index (χ3v) is 7.87. The van der Waals surface area contributed by atoms with Crippen LogP contribution in [0, 0.1) is 0 Å². The topological polar surface area (TPSA) is 320 Å². The quantitative estimate of drug-likeness (QED) is 0.0792. The number of nitrogens with two attached hydrogens (primary N) is 1. The Morgan fingerprint density at radius 3 is 2.42 bits per heavy atom. The number of aldehydes is 1. The molecule has 0 aromatic carbocycles. The first kappa shape index (κ1) is 30.5. The maximum absolute atomic E-state index is 13.0. The van der Waals surface area contributed by atoms with Crippen LogP contribution in [-0.2, 0) is 32.0 Å². The van der Waals surface area contributed by atoms with E-state index in [2.05, 4.69) is 23.8 Å². The lowest BCUT2D eigenvalue weighted by Gasteiger charge is -2.28. The zero-order valence-corrected chi connectivity index (χ0v) is 20.7. The number of nitrogens with zero attached hydrogens (tertiary/aromatic N) is 4. The maximum atomic E-state index is 13.0. The number of hydrogen-bond donors (Lipinski definition) is 9. The number of imidazole rings is 1. The molecule has 3 heterocycles. The second kappa shape index (κ2) is 12.0. The van der Waals surface area contributed by atoms with E-state index in [0.717, 1.165) is 6.33 Å². The van der Waals surface area contributed by atoms with Gasteiger partial charge in [-0.2, -0.15) is 4.31 Å². The average Bonchev–Trinajstić information content (AvgIpc) is 3.40. The van der Waals surface area contributed by atoms with Gasteiger partial charge in [-0.15, -0.1) is 0 Å². The van der Waals surface area contributed by atoms with E-state index in [1.54, 1.807) is 0 Å². The van der Waals surface area contributed by atoms with Gasteiger partial charge in [-0.05, 0) is 0 Å². The van der Waals surface area contributed by atoms with Gasteiger partial charge in [0.25, 0.3) is 0 Å². The molecule has 22 heteroatoms. The number of fused-ring (bicyclic) bond motifs is 1. The van der Waals surface area contributed by atoms with Crippen LogP contribution in [0.3, 0.4) is 0 Å². The lowest BCUT2D eigenvalue weighted by Crippen LogP contribution is -2.47. The summed E-state index contributed by atoms with van der Waals surface area (Å²) in [7, 11) is -11.2. The van der Waals surface area contributed by atoms with Crippen LogP contribution < -0.4 is 5.73 Å². The molecule has 1 unspecified atom stereocenters. The predicted octanol–water partition coefficient (Wildman–Crippen LogP) is -4.08. The highest BCUT2D eigenvalue weighted by Gasteiger charge is 2.48.